The van der Waals surface area contributed by atoms with Crippen LogP contribution in [-0.4, -0.2) is 40.1 Å². The average molecular weight is 415 g/mol. The quantitative estimate of drug-likeness (QED) is 0.468. The second-order valence-electron chi connectivity index (χ2n) is 7.05. The summed E-state index contributed by atoms with van der Waals surface area (Å²) in [6, 6.07) is 12.7. The van der Waals surface area contributed by atoms with Crippen LogP contribution >= 0.6 is 0 Å². The molecule has 3 rings (SSSR count). The van der Waals surface area contributed by atoms with Crippen molar-refractivity contribution in [1.29, 1.82) is 0 Å². The van der Waals surface area contributed by atoms with E-state index in [-0.39, 0.29) is 18.5 Å². The van der Waals surface area contributed by atoms with Crippen LogP contribution in [0.5, 0.6) is 0 Å². The molecular formula is C20H21N3O5S. The molecule has 0 bridgehead atoms. The minimum atomic E-state index is -3.83. The van der Waals surface area contributed by atoms with Crippen LogP contribution in [0.15, 0.2) is 59.7 Å². The van der Waals surface area contributed by atoms with Gasteiger partial charge in [-0.25, -0.2) is 13.9 Å². The van der Waals surface area contributed by atoms with Gasteiger partial charge in [-0.15, -0.1) is 0 Å². The molecule has 0 saturated carbocycles. The van der Waals surface area contributed by atoms with Gasteiger partial charge in [-0.05, 0) is 42.7 Å². The van der Waals surface area contributed by atoms with Crippen LogP contribution in [0.3, 0.4) is 0 Å². The number of hydrogen-bond acceptors (Lipinski definition) is 6. The second kappa shape index (κ2) is 7.76. The van der Waals surface area contributed by atoms with E-state index in [0.717, 1.165) is 22.7 Å². The Morgan fingerprint density at radius 3 is 2.59 bits per heavy atom. The number of pyridine rings is 2. The van der Waals surface area contributed by atoms with Crippen LogP contribution in [-0.2, 0) is 21.2 Å². The molecule has 8 nitrogen and oxygen atoms in total. The highest BCUT2D eigenvalue weighted by Gasteiger charge is 2.43. The van der Waals surface area contributed by atoms with Crippen LogP contribution in [0.1, 0.15) is 13.3 Å². The fourth-order valence-corrected chi connectivity index (χ4v) is 3.88. The topological polar surface area (TPSA) is 118 Å². The molecule has 3 aromatic rings. The number of amides is 1. The second-order valence-corrected chi connectivity index (χ2v) is 9.50. The molecule has 152 valence electrons. The van der Waals surface area contributed by atoms with Crippen molar-refractivity contribution in [3.63, 3.8) is 0 Å². The van der Waals surface area contributed by atoms with E-state index in [9.17, 15) is 18.0 Å². The zero-order chi connectivity index (χ0) is 21.2. The van der Waals surface area contributed by atoms with E-state index < -0.39 is 20.5 Å². The monoisotopic (exact) mass is 415 g/mol. The number of benzene rings is 1. The number of carbonyl (C=O) groups is 1. The van der Waals surface area contributed by atoms with Crippen molar-refractivity contribution in [2.75, 3.05) is 6.26 Å². The SMILES string of the molecule is CC(CCn1ccc(-c2ccc3cccnc3c2)cc1=O)(C(=O)NO)S(C)(=O)=O. The van der Waals surface area contributed by atoms with Gasteiger partial charge in [-0.1, -0.05) is 18.2 Å². The number of fused-ring (bicyclic) bond motifs is 1. The summed E-state index contributed by atoms with van der Waals surface area (Å²) >= 11 is 0. The van der Waals surface area contributed by atoms with Crippen molar-refractivity contribution in [1.82, 2.24) is 15.0 Å². The van der Waals surface area contributed by atoms with Crippen molar-refractivity contribution in [3.8, 4) is 11.1 Å². The summed E-state index contributed by atoms with van der Waals surface area (Å²) in [4.78, 5) is 28.7. The van der Waals surface area contributed by atoms with Gasteiger partial charge in [0.05, 0.1) is 5.52 Å². The Balaban J connectivity index is 1.87. The Labute approximate surface area is 167 Å². The van der Waals surface area contributed by atoms with Crippen molar-refractivity contribution >= 4 is 26.6 Å². The van der Waals surface area contributed by atoms with Crippen LogP contribution in [0.4, 0.5) is 0 Å². The lowest BCUT2D eigenvalue weighted by Crippen LogP contribution is -2.49. The Bertz CT molecular complexity index is 1240. The van der Waals surface area contributed by atoms with Crippen molar-refractivity contribution in [3.05, 3.63) is 65.2 Å². The first-order chi connectivity index (χ1) is 13.7. The number of nitrogens with one attached hydrogen (secondary N) is 1. The van der Waals surface area contributed by atoms with E-state index in [1.807, 2.05) is 30.3 Å². The molecule has 2 heterocycles. The molecule has 0 fully saturated rings. The number of sulfone groups is 1. The first-order valence-electron chi connectivity index (χ1n) is 8.85. The molecule has 0 aliphatic rings. The standard InChI is InChI=1S/C20H21N3O5S/c1-20(19(25)22-26,29(2,27)28)8-11-23-10-7-16(13-18(23)24)15-6-5-14-4-3-9-21-17(14)12-15/h3-7,9-10,12-13,26H,8,11H2,1-2H3,(H,22,25). The molecule has 0 spiro atoms. The molecule has 2 aromatic heterocycles. The Morgan fingerprint density at radius 2 is 1.93 bits per heavy atom. The lowest BCUT2D eigenvalue weighted by Gasteiger charge is -2.25. The normalized spacial score (nSPS) is 13.8. The minimum absolute atomic E-state index is 0.00458. The van der Waals surface area contributed by atoms with E-state index in [1.54, 1.807) is 18.5 Å². The summed E-state index contributed by atoms with van der Waals surface area (Å²) in [6.45, 7) is 1.21. The van der Waals surface area contributed by atoms with Gasteiger partial charge in [0.25, 0.3) is 11.5 Å². The molecule has 0 aliphatic carbocycles. The smallest absolute Gasteiger partial charge is 0.264 e. The average Bonchev–Trinajstić information content (AvgIpc) is 2.70. The van der Waals surface area contributed by atoms with Crippen molar-refractivity contribution in [2.45, 2.75) is 24.6 Å². The van der Waals surface area contributed by atoms with E-state index in [1.165, 1.54) is 23.0 Å². The summed E-state index contributed by atoms with van der Waals surface area (Å²) in [5.74, 6) is -1.03. The van der Waals surface area contributed by atoms with Gasteiger partial charge in [-0.3, -0.25) is 19.8 Å². The zero-order valence-corrected chi connectivity index (χ0v) is 16.8. The molecule has 9 heteroatoms. The zero-order valence-electron chi connectivity index (χ0n) is 16.0. The number of carbonyl (C=O) groups excluding carboxylic acids is 1. The lowest BCUT2D eigenvalue weighted by molar-refractivity contribution is -0.131. The molecule has 2 N–H and O–H groups in total. The fourth-order valence-electron chi connectivity index (χ4n) is 3.04. The van der Waals surface area contributed by atoms with Crippen LogP contribution < -0.4 is 11.0 Å². The third-order valence-corrected chi connectivity index (χ3v) is 7.19. The number of rotatable bonds is 6. The Morgan fingerprint density at radius 1 is 1.21 bits per heavy atom. The molecule has 1 atom stereocenters. The molecule has 1 amide bonds. The van der Waals surface area contributed by atoms with Crippen molar-refractivity contribution in [2.24, 2.45) is 0 Å². The molecule has 1 unspecified atom stereocenters. The number of aromatic nitrogens is 2. The lowest BCUT2D eigenvalue weighted by atomic mass is 10.0. The Kier molecular flexibility index (Phi) is 5.54. The third-order valence-electron chi connectivity index (χ3n) is 5.17. The number of hydrogen-bond donors (Lipinski definition) is 2. The van der Waals surface area contributed by atoms with E-state index >= 15 is 0 Å². The first-order valence-corrected chi connectivity index (χ1v) is 10.7. The molecule has 0 saturated heterocycles. The van der Waals surface area contributed by atoms with E-state index in [0.29, 0.717) is 5.56 Å². The maximum Gasteiger partial charge on any atom is 0.264 e. The first kappa shape index (κ1) is 20.7. The highest BCUT2D eigenvalue weighted by molar-refractivity contribution is 7.92. The summed E-state index contributed by atoms with van der Waals surface area (Å²) in [5.41, 5.74) is 3.42. The summed E-state index contributed by atoms with van der Waals surface area (Å²) in [5, 5.41) is 9.88. The molecule has 0 aliphatic heterocycles. The third kappa shape index (κ3) is 4.06. The maximum atomic E-state index is 12.5. The van der Waals surface area contributed by atoms with Gasteiger partial charge in [-0.2, -0.15) is 0 Å². The van der Waals surface area contributed by atoms with Gasteiger partial charge in [0.15, 0.2) is 14.6 Å². The molecule has 1 aromatic carbocycles. The maximum absolute atomic E-state index is 12.5. The number of hydroxylamine groups is 1. The van der Waals surface area contributed by atoms with E-state index in [4.69, 9.17) is 5.21 Å². The number of aryl methyl sites for hydroxylation is 1. The molecular weight excluding hydrogens is 394 g/mol. The predicted molar refractivity (Wildman–Crippen MR) is 109 cm³/mol. The fraction of sp³-hybridized carbons (Fsp3) is 0.250. The van der Waals surface area contributed by atoms with Crippen LogP contribution in [0.25, 0.3) is 22.0 Å². The van der Waals surface area contributed by atoms with Gasteiger partial charge in [0.1, 0.15) is 0 Å². The minimum Gasteiger partial charge on any atom is -0.315 e. The van der Waals surface area contributed by atoms with Gasteiger partial charge >= 0.3 is 0 Å². The van der Waals surface area contributed by atoms with Crippen LogP contribution in [0, 0.1) is 0 Å². The predicted octanol–water partition coefficient (Wildman–Crippen LogP) is 1.76. The van der Waals surface area contributed by atoms with Crippen molar-refractivity contribution < 1.29 is 18.4 Å². The largest absolute Gasteiger partial charge is 0.315 e. The highest BCUT2D eigenvalue weighted by Crippen LogP contribution is 2.24. The van der Waals surface area contributed by atoms with E-state index in [2.05, 4.69) is 4.98 Å². The van der Waals surface area contributed by atoms with Crippen LogP contribution in [0.2, 0.25) is 0 Å². The molecule has 29 heavy (non-hydrogen) atoms. The highest BCUT2D eigenvalue weighted by atomic mass is 32.2. The summed E-state index contributed by atoms with van der Waals surface area (Å²) in [6.07, 6.45) is 4.00. The summed E-state index contributed by atoms with van der Waals surface area (Å²) < 4.78 is 23.6. The van der Waals surface area contributed by atoms with Gasteiger partial charge in [0, 0.05) is 36.6 Å². The van der Waals surface area contributed by atoms with Gasteiger partial charge in [0.2, 0.25) is 0 Å². The Hall–Kier alpha value is -3.04. The summed E-state index contributed by atoms with van der Waals surface area (Å²) in [7, 11) is -3.83. The number of nitrogens with zero attached hydrogens (tertiary/aromatic N) is 2. The molecule has 0 radical (unpaired) electrons. The van der Waals surface area contributed by atoms with Gasteiger partial charge < -0.3 is 4.57 Å².